The maximum absolute atomic E-state index is 13.5. The van der Waals surface area contributed by atoms with E-state index >= 15 is 0 Å². The van der Waals surface area contributed by atoms with Crippen molar-refractivity contribution in [3.05, 3.63) is 54.1 Å². The predicted molar refractivity (Wildman–Crippen MR) is 129 cm³/mol. The first-order valence-electron chi connectivity index (χ1n) is 11.4. The van der Waals surface area contributed by atoms with Crippen LogP contribution in [-0.2, 0) is 21.4 Å². The van der Waals surface area contributed by atoms with Gasteiger partial charge in [-0.25, -0.2) is 8.42 Å². The van der Waals surface area contributed by atoms with Crippen molar-refractivity contribution < 1.29 is 23.1 Å². The van der Waals surface area contributed by atoms with Crippen LogP contribution in [0.3, 0.4) is 0 Å². The zero-order chi connectivity index (χ0) is 24.3. The Labute approximate surface area is 201 Å². The summed E-state index contributed by atoms with van der Waals surface area (Å²) in [6, 6.07) is 13.6. The van der Waals surface area contributed by atoms with E-state index in [9.17, 15) is 18.3 Å². The summed E-state index contributed by atoms with van der Waals surface area (Å²) in [7, 11) is -0.292. The summed E-state index contributed by atoms with van der Waals surface area (Å²) < 4.78 is 33.4. The number of sulfonamides is 1. The molecule has 1 fully saturated rings. The van der Waals surface area contributed by atoms with Gasteiger partial charge < -0.3 is 19.6 Å². The molecule has 34 heavy (non-hydrogen) atoms. The number of amides is 1. The van der Waals surface area contributed by atoms with Gasteiger partial charge in [-0.05, 0) is 36.9 Å². The highest BCUT2D eigenvalue weighted by molar-refractivity contribution is 7.89. The van der Waals surface area contributed by atoms with Crippen LogP contribution < -0.4 is 9.64 Å². The van der Waals surface area contributed by atoms with E-state index in [1.54, 1.807) is 49.6 Å². The molecule has 2 aromatic rings. The minimum atomic E-state index is -3.93. The molecule has 1 saturated heterocycles. The average Bonchev–Trinajstić information content (AvgIpc) is 2.90. The summed E-state index contributed by atoms with van der Waals surface area (Å²) in [6.45, 7) is 3.78. The molecule has 1 N–H and O–H groups in total. The molecular formula is C24H32N4O5S. The largest absolute Gasteiger partial charge is 0.497 e. The summed E-state index contributed by atoms with van der Waals surface area (Å²) in [4.78, 5) is 19.2. The van der Waals surface area contributed by atoms with E-state index in [4.69, 9.17) is 4.74 Å². The molecule has 0 bridgehead atoms. The highest BCUT2D eigenvalue weighted by Crippen LogP contribution is 2.32. The number of aliphatic hydroxyl groups is 1. The zero-order valence-corrected chi connectivity index (χ0v) is 20.4. The number of rotatable bonds is 7. The molecule has 1 unspecified atom stereocenters. The maximum atomic E-state index is 13.5. The number of hydrogen-bond donors (Lipinski definition) is 1. The Hall–Kier alpha value is -2.50. The first kappa shape index (κ1) is 24.6. The van der Waals surface area contributed by atoms with Crippen molar-refractivity contribution >= 4 is 21.6 Å². The Morgan fingerprint density at radius 3 is 2.35 bits per heavy atom. The summed E-state index contributed by atoms with van der Waals surface area (Å²) in [5.74, 6) is 0.309. The molecule has 0 saturated carbocycles. The van der Waals surface area contributed by atoms with Gasteiger partial charge in [-0.15, -0.1) is 0 Å². The number of aliphatic hydroxyl groups excluding tert-OH is 1. The third-order valence-corrected chi connectivity index (χ3v) is 8.20. The second-order valence-electron chi connectivity index (χ2n) is 8.85. The first-order valence-corrected chi connectivity index (χ1v) is 12.8. The third kappa shape index (κ3) is 5.42. The number of carbonyl (C=O) groups excluding carboxylic acids is 1. The SMILES string of the molecule is COc1ccc(CN2CC(=O)N(CC(O)CN3CCN(C)CC3)c3ccccc3S2(=O)=O)cc1. The summed E-state index contributed by atoms with van der Waals surface area (Å²) in [6.07, 6.45) is -0.795. The van der Waals surface area contributed by atoms with Gasteiger partial charge in [0.25, 0.3) is 0 Å². The van der Waals surface area contributed by atoms with Gasteiger partial charge in [0.15, 0.2) is 0 Å². The van der Waals surface area contributed by atoms with Crippen LogP contribution in [0.5, 0.6) is 5.75 Å². The normalized spacial score (nSPS) is 20.6. The number of carbonyl (C=O) groups is 1. The number of hydrogen-bond acceptors (Lipinski definition) is 7. The maximum Gasteiger partial charge on any atom is 0.245 e. The molecule has 0 radical (unpaired) electrons. The van der Waals surface area contributed by atoms with Crippen LogP contribution >= 0.6 is 0 Å². The molecule has 10 heteroatoms. The lowest BCUT2D eigenvalue weighted by atomic mass is 10.2. The summed E-state index contributed by atoms with van der Waals surface area (Å²) in [5, 5.41) is 10.8. The van der Waals surface area contributed by atoms with E-state index in [1.165, 1.54) is 15.3 Å². The Morgan fingerprint density at radius 1 is 1.00 bits per heavy atom. The molecule has 2 heterocycles. The number of anilines is 1. The molecule has 2 aromatic carbocycles. The monoisotopic (exact) mass is 488 g/mol. The van der Waals surface area contributed by atoms with Gasteiger partial charge in [-0.1, -0.05) is 24.3 Å². The predicted octanol–water partition coefficient (Wildman–Crippen LogP) is 0.841. The number of fused-ring (bicyclic) bond motifs is 1. The first-order chi connectivity index (χ1) is 16.3. The molecule has 2 aliphatic heterocycles. The van der Waals surface area contributed by atoms with E-state index in [2.05, 4.69) is 16.8 Å². The number of likely N-dealkylation sites (N-methyl/N-ethyl adjacent to an activating group) is 1. The lowest BCUT2D eigenvalue weighted by Gasteiger charge is -2.34. The Balaban J connectivity index is 1.56. The molecule has 0 aromatic heterocycles. The number of benzene rings is 2. The number of ether oxygens (including phenoxy) is 1. The van der Waals surface area contributed by atoms with Crippen molar-refractivity contribution in [3.8, 4) is 5.75 Å². The van der Waals surface area contributed by atoms with E-state index < -0.39 is 16.1 Å². The van der Waals surface area contributed by atoms with E-state index in [-0.39, 0.29) is 30.4 Å². The Bertz CT molecular complexity index is 1100. The Kier molecular flexibility index (Phi) is 7.54. The summed E-state index contributed by atoms with van der Waals surface area (Å²) >= 11 is 0. The fourth-order valence-electron chi connectivity index (χ4n) is 4.37. The van der Waals surface area contributed by atoms with Gasteiger partial charge in [0.05, 0.1) is 32.0 Å². The lowest BCUT2D eigenvalue weighted by Crippen LogP contribution is -2.50. The third-order valence-electron chi connectivity index (χ3n) is 6.36. The van der Waals surface area contributed by atoms with Gasteiger partial charge in [0.2, 0.25) is 15.9 Å². The quantitative estimate of drug-likeness (QED) is 0.617. The number of nitrogens with zero attached hydrogens (tertiary/aromatic N) is 4. The molecule has 9 nitrogen and oxygen atoms in total. The molecule has 2 aliphatic rings. The van der Waals surface area contributed by atoms with Gasteiger partial charge in [0.1, 0.15) is 10.6 Å². The van der Waals surface area contributed by atoms with Crippen LogP contribution in [0.2, 0.25) is 0 Å². The van der Waals surface area contributed by atoms with Crippen molar-refractivity contribution in [1.82, 2.24) is 14.1 Å². The lowest BCUT2D eigenvalue weighted by molar-refractivity contribution is -0.119. The molecule has 1 atom stereocenters. The van der Waals surface area contributed by atoms with Crippen LogP contribution in [0, 0.1) is 0 Å². The van der Waals surface area contributed by atoms with E-state index in [0.717, 1.165) is 31.7 Å². The highest BCUT2D eigenvalue weighted by atomic mass is 32.2. The summed E-state index contributed by atoms with van der Waals surface area (Å²) in [5.41, 5.74) is 1.06. The number of para-hydroxylation sites is 1. The van der Waals surface area contributed by atoms with Crippen molar-refractivity contribution in [3.63, 3.8) is 0 Å². The molecule has 1 amide bonds. The fraction of sp³-hybridized carbons (Fsp3) is 0.458. The average molecular weight is 489 g/mol. The van der Waals surface area contributed by atoms with Crippen LogP contribution in [0.1, 0.15) is 5.56 Å². The van der Waals surface area contributed by atoms with E-state index in [0.29, 0.717) is 18.0 Å². The van der Waals surface area contributed by atoms with E-state index in [1.807, 2.05) is 0 Å². The minimum absolute atomic E-state index is 0.0358. The van der Waals surface area contributed by atoms with Crippen molar-refractivity contribution in [1.29, 1.82) is 0 Å². The molecule has 0 spiro atoms. The van der Waals surface area contributed by atoms with Gasteiger partial charge in [0, 0.05) is 39.3 Å². The van der Waals surface area contributed by atoms with Crippen LogP contribution in [0.4, 0.5) is 5.69 Å². The molecular weight excluding hydrogens is 456 g/mol. The van der Waals surface area contributed by atoms with Crippen LogP contribution in [0.25, 0.3) is 0 Å². The number of β-amino-alcohol motifs (C(OH)–C–C–N with tert-alkyl or cyclic N) is 1. The zero-order valence-electron chi connectivity index (χ0n) is 19.6. The van der Waals surface area contributed by atoms with Crippen molar-refractivity contribution in [2.45, 2.75) is 17.5 Å². The number of piperazine rings is 1. The standard InChI is InChI=1S/C24H32N4O5S/c1-25-11-13-26(14-12-25)16-20(29)17-28-22-5-3-4-6-23(22)34(31,32)27(18-24(28)30)15-19-7-9-21(33-2)10-8-19/h3-10,20,29H,11-18H2,1-2H3. The van der Waals surface area contributed by atoms with Crippen molar-refractivity contribution in [2.24, 2.45) is 0 Å². The number of methoxy groups -OCH3 is 1. The van der Waals surface area contributed by atoms with Gasteiger partial charge in [-0.3, -0.25) is 9.69 Å². The van der Waals surface area contributed by atoms with Gasteiger partial charge >= 0.3 is 0 Å². The topological polar surface area (TPSA) is 93.6 Å². The molecule has 4 rings (SSSR count). The molecule has 0 aliphatic carbocycles. The Morgan fingerprint density at radius 2 is 1.68 bits per heavy atom. The molecule has 184 valence electrons. The smallest absolute Gasteiger partial charge is 0.245 e. The minimum Gasteiger partial charge on any atom is -0.497 e. The van der Waals surface area contributed by atoms with Crippen molar-refractivity contribution in [2.75, 3.05) is 64.9 Å². The van der Waals surface area contributed by atoms with Crippen LogP contribution in [-0.4, -0.2) is 99.6 Å². The fourth-order valence-corrected chi connectivity index (χ4v) is 5.94. The van der Waals surface area contributed by atoms with Gasteiger partial charge in [-0.2, -0.15) is 4.31 Å². The highest BCUT2D eigenvalue weighted by Gasteiger charge is 2.37. The van der Waals surface area contributed by atoms with Crippen LogP contribution in [0.15, 0.2) is 53.4 Å². The second kappa shape index (κ2) is 10.4. The second-order valence-corrected chi connectivity index (χ2v) is 10.8.